The molecule has 0 saturated heterocycles. The van der Waals surface area contributed by atoms with Crippen molar-refractivity contribution in [1.82, 2.24) is 5.32 Å². The van der Waals surface area contributed by atoms with Gasteiger partial charge in [-0.15, -0.1) is 0 Å². The van der Waals surface area contributed by atoms with Crippen molar-refractivity contribution in [3.8, 4) is 5.75 Å². The van der Waals surface area contributed by atoms with Gasteiger partial charge in [0, 0.05) is 12.6 Å². The molecule has 0 spiro atoms. The first-order valence-electron chi connectivity index (χ1n) is 8.35. The molecule has 4 N–H and O–H groups in total. The van der Waals surface area contributed by atoms with Gasteiger partial charge in [-0.25, -0.2) is 9.63 Å². The summed E-state index contributed by atoms with van der Waals surface area (Å²) in [5.74, 6) is 0.0893. The van der Waals surface area contributed by atoms with Crippen LogP contribution < -0.4 is 21.1 Å². The largest absolute Gasteiger partial charge is 0.495 e. The van der Waals surface area contributed by atoms with E-state index in [0.29, 0.717) is 12.0 Å². The minimum Gasteiger partial charge on any atom is -0.495 e. The third-order valence-corrected chi connectivity index (χ3v) is 3.93. The lowest BCUT2D eigenvalue weighted by Crippen LogP contribution is -2.30. The molecule has 11 heteroatoms. The number of ether oxygens (including phenoxy) is 1. The van der Waals surface area contributed by atoms with Gasteiger partial charge in [-0.2, -0.15) is 13.2 Å². The Hall–Kier alpha value is -3.50. The van der Waals surface area contributed by atoms with E-state index in [1.54, 1.807) is 6.07 Å². The Morgan fingerprint density at radius 1 is 1.17 bits per heavy atom. The van der Waals surface area contributed by atoms with Crippen LogP contribution in [0.1, 0.15) is 11.1 Å². The van der Waals surface area contributed by atoms with Gasteiger partial charge in [0.25, 0.3) is 4.92 Å². The molecule has 0 aliphatic rings. The van der Waals surface area contributed by atoms with Crippen LogP contribution in [0.25, 0.3) is 0 Å². The number of amides is 2. The number of benzene rings is 2. The van der Waals surface area contributed by atoms with Crippen LogP contribution in [0.4, 0.5) is 35.0 Å². The third-order valence-electron chi connectivity index (χ3n) is 3.93. The molecule has 8 nitrogen and oxygen atoms in total. The van der Waals surface area contributed by atoms with Gasteiger partial charge in [0.05, 0.1) is 23.3 Å². The molecule has 0 saturated carbocycles. The lowest BCUT2D eigenvalue weighted by Gasteiger charge is -2.14. The van der Waals surface area contributed by atoms with E-state index < -0.39 is 17.8 Å². The van der Waals surface area contributed by atoms with E-state index in [4.69, 9.17) is 10.5 Å². The molecule has 0 heterocycles. The first-order chi connectivity index (χ1) is 13.7. The van der Waals surface area contributed by atoms with E-state index >= 15 is 0 Å². The smallest absolute Gasteiger partial charge is 0.416 e. The number of rotatable bonds is 7. The summed E-state index contributed by atoms with van der Waals surface area (Å²) in [4.78, 5) is 28.4. The summed E-state index contributed by atoms with van der Waals surface area (Å²) in [6, 6.07) is 6.79. The van der Waals surface area contributed by atoms with E-state index in [-0.39, 0.29) is 34.3 Å². The molecule has 0 bridgehead atoms. The number of carbonyl (C=O) groups is 1. The average molecular weight is 413 g/mol. The van der Waals surface area contributed by atoms with E-state index in [0.717, 1.165) is 18.2 Å². The van der Waals surface area contributed by atoms with E-state index in [1.807, 2.05) is 0 Å². The fraction of sp³-hybridized carbons (Fsp3) is 0.278. The Bertz CT molecular complexity index is 903. The standard InChI is InChI=1S/C18H19F3N4O4/c1-28-16-6-4-12(18(19,20)21)10-14(16)24-17(26)23-8-7-11-3-5-13(22)15(9-11)25(27)29-2/h3-6,9-10H,7-8H2,1-2H3,(H3-,22,23,24,26,27)/p+1. The molecule has 0 unspecified atom stereocenters. The number of anilines is 2. The van der Waals surface area contributed by atoms with Crippen LogP contribution in [-0.4, -0.2) is 31.7 Å². The van der Waals surface area contributed by atoms with Crippen LogP contribution >= 0.6 is 0 Å². The molecular formula is C18H20F3N4O4+. The van der Waals surface area contributed by atoms with Crippen LogP contribution in [0.15, 0.2) is 36.4 Å². The lowest BCUT2D eigenvalue weighted by molar-refractivity contribution is -0.736. The van der Waals surface area contributed by atoms with E-state index in [2.05, 4.69) is 15.5 Å². The Morgan fingerprint density at radius 2 is 1.90 bits per heavy atom. The van der Waals surface area contributed by atoms with Gasteiger partial charge in [-0.3, -0.25) is 0 Å². The summed E-state index contributed by atoms with van der Waals surface area (Å²) in [7, 11) is 2.48. The van der Waals surface area contributed by atoms with Gasteiger partial charge in [-0.05, 0) is 36.2 Å². The number of hydrogen-bond donors (Lipinski definition) is 3. The van der Waals surface area contributed by atoms with Gasteiger partial charge in [0.2, 0.25) is 0 Å². The highest BCUT2D eigenvalue weighted by Crippen LogP contribution is 2.34. The fourth-order valence-corrected chi connectivity index (χ4v) is 2.47. The van der Waals surface area contributed by atoms with Crippen LogP contribution in [-0.2, 0) is 17.4 Å². The van der Waals surface area contributed by atoms with Crippen molar-refractivity contribution in [2.45, 2.75) is 12.6 Å². The summed E-state index contributed by atoms with van der Waals surface area (Å²) in [6.45, 7) is 0.155. The van der Waals surface area contributed by atoms with Crippen molar-refractivity contribution < 1.29 is 32.5 Å². The van der Waals surface area contributed by atoms with Crippen molar-refractivity contribution in [1.29, 1.82) is 0 Å². The van der Waals surface area contributed by atoms with Gasteiger partial charge in [-0.1, -0.05) is 6.07 Å². The molecule has 0 aromatic heterocycles. The molecule has 0 aliphatic heterocycles. The monoisotopic (exact) mass is 413 g/mol. The number of halogens is 3. The summed E-state index contributed by atoms with van der Waals surface area (Å²) >= 11 is 0. The Balaban J connectivity index is 2.00. The molecule has 2 aromatic rings. The number of nitrogens with one attached hydrogen (secondary N) is 2. The highest BCUT2D eigenvalue weighted by atomic mass is 19.4. The number of urea groups is 1. The minimum atomic E-state index is -4.55. The predicted octanol–water partition coefficient (Wildman–Crippen LogP) is 3.63. The molecule has 156 valence electrons. The second-order valence-electron chi connectivity index (χ2n) is 5.88. The van der Waals surface area contributed by atoms with Gasteiger partial charge in [0.1, 0.15) is 11.4 Å². The van der Waals surface area contributed by atoms with Crippen molar-refractivity contribution in [2.75, 3.05) is 31.8 Å². The topological polar surface area (TPSA) is 106 Å². The van der Waals surface area contributed by atoms with Crippen LogP contribution in [0.2, 0.25) is 0 Å². The summed E-state index contributed by atoms with van der Waals surface area (Å²) in [5, 5.41) is 4.86. The Morgan fingerprint density at radius 3 is 2.52 bits per heavy atom. The SMILES string of the molecule is COc1ccc(C(F)(F)F)cc1NC(=O)NCCc1ccc(N)c([N+](=O)OC)c1. The number of nitrogens with two attached hydrogens (primary N) is 1. The van der Waals surface area contributed by atoms with Gasteiger partial charge >= 0.3 is 17.9 Å². The van der Waals surface area contributed by atoms with Crippen LogP contribution in [0.3, 0.4) is 0 Å². The van der Waals surface area contributed by atoms with Crippen molar-refractivity contribution >= 4 is 23.1 Å². The molecule has 0 radical (unpaired) electrons. The molecule has 0 atom stereocenters. The maximum atomic E-state index is 12.9. The average Bonchev–Trinajstić information content (AvgIpc) is 2.67. The number of nitrogen functional groups attached to an aromatic ring is 1. The van der Waals surface area contributed by atoms with Crippen molar-refractivity contribution in [3.05, 3.63) is 52.4 Å². The fourth-order valence-electron chi connectivity index (χ4n) is 2.47. The summed E-state index contributed by atoms with van der Waals surface area (Å²) in [6.07, 6.45) is -4.21. The Kier molecular flexibility index (Phi) is 6.86. The third kappa shape index (κ3) is 5.74. The molecule has 0 aliphatic carbocycles. The number of nitrogens with zero attached hydrogens (tertiary/aromatic N) is 1. The lowest BCUT2D eigenvalue weighted by atomic mass is 10.1. The molecule has 0 fully saturated rings. The molecular weight excluding hydrogens is 393 g/mol. The quantitative estimate of drug-likeness (QED) is 0.475. The zero-order chi connectivity index (χ0) is 21.6. The zero-order valence-corrected chi connectivity index (χ0v) is 15.7. The number of methoxy groups -OCH3 is 1. The van der Waals surface area contributed by atoms with Crippen LogP contribution in [0, 0.1) is 4.91 Å². The van der Waals surface area contributed by atoms with E-state index in [1.165, 1.54) is 26.4 Å². The highest BCUT2D eigenvalue weighted by Gasteiger charge is 2.31. The number of hydrogen-bond acceptors (Lipinski definition) is 5. The Labute approximate surface area is 164 Å². The predicted molar refractivity (Wildman–Crippen MR) is 99.9 cm³/mol. The normalized spacial score (nSPS) is 10.9. The molecule has 2 aromatic carbocycles. The highest BCUT2D eigenvalue weighted by molar-refractivity contribution is 5.91. The van der Waals surface area contributed by atoms with Crippen molar-refractivity contribution in [2.24, 2.45) is 0 Å². The first-order valence-corrected chi connectivity index (χ1v) is 8.35. The number of alkyl halides is 3. The maximum Gasteiger partial charge on any atom is 0.416 e. The maximum absolute atomic E-state index is 12.9. The van der Waals surface area contributed by atoms with Gasteiger partial charge in [0.15, 0.2) is 7.11 Å². The molecule has 2 rings (SSSR count). The number of carbonyl (C=O) groups excluding carboxylic acids is 1. The van der Waals surface area contributed by atoms with Gasteiger partial charge < -0.3 is 21.1 Å². The molecule has 29 heavy (non-hydrogen) atoms. The second-order valence-corrected chi connectivity index (χ2v) is 5.88. The second kappa shape index (κ2) is 9.13. The minimum absolute atomic E-state index is 0.0893. The molecule has 2 amide bonds. The van der Waals surface area contributed by atoms with Crippen LogP contribution in [0.5, 0.6) is 5.75 Å². The van der Waals surface area contributed by atoms with Crippen molar-refractivity contribution in [3.63, 3.8) is 0 Å². The zero-order valence-electron chi connectivity index (χ0n) is 15.7. The summed E-state index contributed by atoms with van der Waals surface area (Å²) < 4.78 is 43.6. The first kappa shape index (κ1) is 21.8. The summed E-state index contributed by atoms with van der Waals surface area (Å²) in [5.41, 5.74) is 5.73. The van der Waals surface area contributed by atoms with E-state index in [9.17, 15) is 22.9 Å².